The van der Waals surface area contributed by atoms with Gasteiger partial charge in [-0.15, -0.1) is 11.3 Å². The zero-order valence-corrected chi connectivity index (χ0v) is 15.2. The van der Waals surface area contributed by atoms with Crippen molar-refractivity contribution < 1.29 is 4.79 Å². The largest absolute Gasteiger partial charge is 0.337 e. The average molecular weight is 364 g/mol. The quantitative estimate of drug-likeness (QED) is 0.782. The molecule has 1 saturated carbocycles. The fourth-order valence-electron chi connectivity index (χ4n) is 2.61. The molecule has 2 aromatic rings. The number of rotatable bonds is 8. The first kappa shape index (κ1) is 17.4. The Balaban J connectivity index is 1.65. The second-order valence-corrected chi connectivity index (χ2v) is 7.62. The molecule has 0 aliphatic heterocycles. The Morgan fingerprint density at radius 2 is 2.04 bits per heavy atom. The lowest BCUT2D eigenvalue weighted by atomic mass is 10.1. The Morgan fingerprint density at radius 1 is 1.29 bits per heavy atom. The number of halogens is 1. The Kier molecular flexibility index (Phi) is 5.87. The average Bonchev–Trinajstić information content (AvgIpc) is 3.28. The van der Waals surface area contributed by atoms with E-state index in [1.54, 1.807) is 0 Å². The molecule has 1 heterocycles. The van der Waals surface area contributed by atoms with E-state index in [4.69, 9.17) is 17.3 Å². The van der Waals surface area contributed by atoms with E-state index >= 15 is 0 Å². The summed E-state index contributed by atoms with van der Waals surface area (Å²) in [5.41, 5.74) is 7.31. The van der Waals surface area contributed by atoms with Crippen molar-refractivity contribution in [3.8, 4) is 0 Å². The summed E-state index contributed by atoms with van der Waals surface area (Å²) in [4.78, 5) is 19.2. The first-order valence-electron chi connectivity index (χ1n) is 8.34. The van der Waals surface area contributed by atoms with Crippen molar-refractivity contribution in [3.63, 3.8) is 0 Å². The van der Waals surface area contributed by atoms with Crippen LogP contribution < -0.4 is 5.73 Å². The predicted molar refractivity (Wildman–Crippen MR) is 98.7 cm³/mol. The summed E-state index contributed by atoms with van der Waals surface area (Å²) in [5.74, 6) is 0.691. The van der Waals surface area contributed by atoms with Gasteiger partial charge >= 0.3 is 0 Å². The van der Waals surface area contributed by atoms with Crippen molar-refractivity contribution in [3.05, 3.63) is 50.9 Å². The molecule has 128 valence electrons. The number of carbonyl (C=O) groups excluding carboxylic acids is 1. The zero-order chi connectivity index (χ0) is 16.9. The van der Waals surface area contributed by atoms with Crippen LogP contribution in [0.4, 0.5) is 0 Å². The number of nitrogens with two attached hydrogens (primary N) is 1. The smallest absolute Gasteiger partial charge is 0.273 e. The van der Waals surface area contributed by atoms with Gasteiger partial charge in [0.15, 0.2) is 0 Å². The van der Waals surface area contributed by atoms with Crippen LogP contribution in [0, 0.1) is 5.92 Å². The third-order valence-electron chi connectivity index (χ3n) is 4.18. The lowest BCUT2D eigenvalue weighted by molar-refractivity contribution is 0.0744. The molecule has 1 aliphatic rings. The summed E-state index contributed by atoms with van der Waals surface area (Å²) in [6.45, 7) is 2.10. The van der Waals surface area contributed by atoms with Crippen LogP contribution in [0.2, 0.25) is 5.02 Å². The summed E-state index contributed by atoms with van der Waals surface area (Å²) in [6.07, 6.45) is 4.00. The first-order chi connectivity index (χ1) is 11.7. The second-order valence-electron chi connectivity index (χ2n) is 6.24. The molecule has 6 heteroatoms. The van der Waals surface area contributed by atoms with Crippen molar-refractivity contribution in [2.24, 2.45) is 11.7 Å². The molecule has 0 spiro atoms. The van der Waals surface area contributed by atoms with Crippen LogP contribution in [0.15, 0.2) is 29.6 Å². The van der Waals surface area contributed by atoms with Gasteiger partial charge in [0.05, 0.1) is 5.01 Å². The number of thiazole rings is 1. The van der Waals surface area contributed by atoms with Crippen molar-refractivity contribution in [1.29, 1.82) is 0 Å². The number of hydrogen-bond acceptors (Lipinski definition) is 4. The molecular weight excluding hydrogens is 342 g/mol. The van der Waals surface area contributed by atoms with Gasteiger partial charge in [-0.25, -0.2) is 4.98 Å². The minimum absolute atomic E-state index is 0.0374. The SMILES string of the molecule is NCCc1nc(C(=O)N(CCc2ccc(Cl)cc2)CC2CC2)cs1. The molecule has 3 rings (SSSR count). The third kappa shape index (κ3) is 4.79. The van der Waals surface area contributed by atoms with E-state index in [0.717, 1.165) is 29.4 Å². The number of nitrogens with zero attached hydrogens (tertiary/aromatic N) is 2. The summed E-state index contributed by atoms with van der Waals surface area (Å²) in [5, 5.41) is 3.53. The lowest BCUT2D eigenvalue weighted by Gasteiger charge is -2.22. The molecule has 0 atom stereocenters. The second kappa shape index (κ2) is 8.10. The molecule has 2 N–H and O–H groups in total. The molecule has 1 aromatic heterocycles. The van der Waals surface area contributed by atoms with Crippen LogP contribution in [0.5, 0.6) is 0 Å². The van der Waals surface area contributed by atoms with E-state index in [9.17, 15) is 4.79 Å². The molecule has 0 saturated heterocycles. The van der Waals surface area contributed by atoms with Gasteiger partial charge in [0.25, 0.3) is 5.91 Å². The maximum atomic E-state index is 12.8. The Morgan fingerprint density at radius 3 is 2.71 bits per heavy atom. The zero-order valence-electron chi connectivity index (χ0n) is 13.6. The van der Waals surface area contributed by atoms with E-state index in [-0.39, 0.29) is 5.91 Å². The molecule has 0 unspecified atom stereocenters. The monoisotopic (exact) mass is 363 g/mol. The van der Waals surface area contributed by atoms with Gasteiger partial charge in [-0.1, -0.05) is 23.7 Å². The van der Waals surface area contributed by atoms with Gasteiger partial charge in [0, 0.05) is 29.9 Å². The number of hydrogen-bond donors (Lipinski definition) is 1. The van der Waals surface area contributed by atoms with Gasteiger partial charge in [-0.2, -0.15) is 0 Å². The van der Waals surface area contributed by atoms with Gasteiger partial charge in [-0.05, 0) is 49.4 Å². The molecule has 1 aliphatic carbocycles. The van der Waals surface area contributed by atoms with Crippen molar-refractivity contribution in [1.82, 2.24) is 9.88 Å². The highest BCUT2D eigenvalue weighted by atomic mass is 35.5. The molecule has 1 fully saturated rings. The summed E-state index contributed by atoms with van der Waals surface area (Å²) >= 11 is 7.45. The van der Waals surface area contributed by atoms with E-state index in [1.807, 2.05) is 34.5 Å². The van der Waals surface area contributed by atoms with Crippen LogP contribution in [-0.4, -0.2) is 35.4 Å². The number of benzene rings is 1. The van der Waals surface area contributed by atoms with Gasteiger partial charge < -0.3 is 10.6 Å². The van der Waals surface area contributed by atoms with E-state index in [2.05, 4.69) is 4.98 Å². The highest BCUT2D eigenvalue weighted by Crippen LogP contribution is 2.30. The molecule has 1 amide bonds. The molecule has 0 radical (unpaired) electrons. The summed E-state index contributed by atoms with van der Waals surface area (Å²) in [7, 11) is 0. The highest BCUT2D eigenvalue weighted by Gasteiger charge is 2.28. The summed E-state index contributed by atoms with van der Waals surface area (Å²) in [6, 6.07) is 7.82. The standard InChI is InChI=1S/C18H22ClN3OS/c19-15-5-3-13(4-6-15)8-10-22(11-14-1-2-14)18(23)16-12-24-17(21-16)7-9-20/h3-6,12,14H,1-2,7-11,20H2. The number of amides is 1. The van der Waals surface area contributed by atoms with Crippen LogP contribution in [0.25, 0.3) is 0 Å². The van der Waals surface area contributed by atoms with Crippen LogP contribution in [0.3, 0.4) is 0 Å². The summed E-state index contributed by atoms with van der Waals surface area (Å²) < 4.78 is 0. The fourth-order valence-corrected chi connectivity index (χ4v) is 3.53. The Labute approximate surface area is 151 Å². The van der Waals surface area contributed by atoms with Crippen LogP contribution in [-0.2, 0) is 12.8 Å². The molecule has 1 aromatic carbocycles. The Hall–Kier alpha value is -1.43. The van der Waals surface area contributed by atoms with Crippen molar-refractivity contribution in [2.45, 2.75) is 25.7 Å². The van der Waals surface area contributed by atoms with Gasteiger partial charge in [0.2, 0.25) is 0 Å². The Bertz CT molecular complexity index is 682. The normalized spacial score (nSPS) is 13.9. The fraction of sp³-hybridized carbons (Fsp3) is 0.444. The molecule has 0 bridgehead atoms. The van der Waals surface area contributed by atoms with Crippen LogP contribution in [0.1, 0.15) is 33.9 Å². The predicted octanol–water partition coefficient (Wildman–Crippen LogP) is 3.39. The van der Waals surface area contributed by atoms with Crippen molar-refractivity contribution >= 4 is 28.8 Å². The number of aromatic nitrogens is 1. The molecule has 4 nitrogen and oxygen atoms in total. The minimum Gasteiger partial charge on any atom is -0.337 e. The molecule has 24 heavy (non-hydrogen) atoms. The van der Waals surface area contributed by atoms with Gasteiger partial charge in [-0.3, -0.25) is 4.79 Å². The van der Waals surface area contributed by atoms with E-state index in [0.29, 0.717) is 24.7 Å². The van der Waals surface area contributed by atoms with E-state index in [1.165, 1.54) is 29.7 Å². The number of carbonyl (C=O) groups is 1. The maximum Gasteiger partial charge on any atom is 0.273 e. The van der Waals surface area contributed by atoms with E-state index < -0.39 is 0 Å². The minimum atomic E-state index is 0.0374. The lowest BCUT2D eigenvalue weighted by Crippen LogP contribution is -2.35. The maximum absolute atomic E-state index is 12.8. The van der Waals surface area contributed by atoms with Crippen molar-refractivity contribution in [2.75, 3.05) is 19.6 Å². The first-order valence-corrected chi connectivity index (χ1v) is 9.59. The topological polar surface area (TPSA) is 59.2 Å². The molecular formula is C18H22ClN3OS. The third-order valence-corrected chi connectivity index (χ3v) is 5.34. The highest BCUT2D eigenvalue weighted by molar-refractivity contribution is 7.09. The van der Waals surface area contributed by atoms with Crippen LogP contribution >= 0.6 is 22.9 Å². The van der Waals surface area contributed by atoms with Gasteiger partial charge in [0.1, 0.15) is 5.69 Å².